The van der Waals surface area contributed by atoms with Crippen LogP contribution in [0.3, 0.4) is 0 Å². The molecule has 0 saturated carbocycles. The highest BCUT2D eigenvalue weighted by molar-refractivity contribution is 5.61. The lowest BCUT2D eigenvalue weighted by atomic mass is 10.0. The molecule has 0 saturated heterocycles. The van der Waals surface area contributed by atoms with E-state index in [-0.39, 0.29) is 5.69 Å². The Morgan fingerprint density at radius 1 is 1.43 bits per heavy atom. The maximum Gasteiger partial charge on any atom is 0.270 e. The summed E-state index contributed by atoms with van der Waals surface area (Å²) in [6.45, 7) is 5.03. The molecule has 0 unspecified atom stereocenters. The predicted octanol–water partition coefficient (Wildman–Crippen LogP) is 2.85. The SMILES string of the molecule is CC(C)C[C@@H](CNc1ccc([N+](=O)[O-])cc1C#N)N(C)C. The van der Waals surface area contributed by atoms with E-state index < -0.39 is 4.92 Å². The zero-order valence-corrected chi connectivity index (χ0v) is 13.0. The largest absolute Gasteiger partial charge is 0.382 e. The lowest BCUT2D eigenvalue weighted by Crippen LogP contribution is -2.35. The molecule has 0 radical (unpaired) electrons. The molecule has 114 valence electrons. The fraction of sp³-hybridized carbons (Fsp3) is 0.533. The van der Waals surface area contributed by atoms with Crippen LogP contribution in [0.15, 0.2) is 18.2 Å². The highest BCUT2D eigenvalue weighted by Crippen LogP contribution is 2.22. The number of benzene rings is 1. The van der Waals surface area contributed by atoms with Gasteiger partial charge in [-0.3, -0.25) is 10.1 Å². The first-order valence-electron chi connectivity index (χ1n) is 6.94. The highest BCUT2D eigenvalue weighted by atomic mass is 16.6. The monoisotopic (exact) mass is 290 g/mol. The van der Waals surface area contributed by atoms with Crippen molar-refractivity contribution in [1.29, 1.82) is 5.26 Å². The highest BCUT2D eigenvalue weighted by Gasteiger charge is 2.15. The van der Waals surface area contributed by atoms with E-state index in [1.807, 2.05) is 20.2 Å². The van der Waals surface area contributed by atoms with E-state index >= 15 is 0 Å². The summed E-state index contributed by atoms with van der Waals surface area (Å²) in [5.41, 5.74) is 0.869. The molecule has 0 aliphatic heterocycles. The molecule has 0 aliphatic rings. The maximum atomic E-state index is 10.7. The van der Waals surface area contributed by atoms with E-state index in [1.165, 1.54) is 12.1 Å². The number of likely N-dealkylation sites (N-methyl/N-ethyl adjacent to an activating group) is 1. The number of nitrogens with zero attached hydrogens (tertiary/aromatic N) is 3. The van der Waals surface area contributed by atoms with Crippen LogP contribution in [0.5, 0.6) is 0 Å². The third kappa shape index (κ3) is 5.04. The molecule has 0 fully saturated rings. The average molecular weight is 290 g/mol. The Morgan fingerprint density at radius 2 is 2.10 bits per heavy atom. The van der Waals surface area contributed by atoms with Gasteiger partial charge in [-0.2, -0.15) is 5.26 Å². The van der Waals surface area contributed by atoms with Crippen molar-refractivity contribution in [3.05, 3.63) is 33.9 Å². The van der Waals surface area contributed by atoms with Crippen LogP contribution in [-0.2, 0) is 0 Å². The van der Waals surface area contributed by atoms with Gasteiger partial charge in [0.15, 0.2) is 0 Å². The average Bonchev–Trinajstić information content (AvgIpc) is 2.42. The van der Waals surface area contributed by atoms with Crippen LogP contribution in [0.1, 0.15) is 25.8 Å². The molecule has 1 N–H and O–H groups in total. The zero-order chi connectivity index (χ0) is 16.0. The van der Waals surface area contributed by atoms with E-state index in [1.54, 1.807) is 6.07 Å². The summed E-state index contributed by atoms with van der Waals surface area (Å²) in [7, 11) is 4.05. The number of nitro groups is 1. The minimum atomic E-state index is -0.494. The van der Waals surface area contributed by atoms with Crippen LogP contribution < -0.4 is 5.32 Å². The van der Waals surface area contributed by atoms with Gasteiger partial charge in [0.1, 0.15) is 6.07 Å². The van der Waals surface area contributed by atoms with Crippen molar-refractivity contribution in [2.45, 2.75) is 26.3 Å². The maximum absolute atomic E-state index is 10.7. The van der Waals surface area contributed by atoms with Crippen LogP contribution in [0.25, 0.3) is 0 Å². The fourth-order valence-electron chi connectivity index (χ4n) is 2.14. The first kappa shape index (κ1) is 16.9. The number of non-ortho nitro benzene ring substituents is 1. The Morgan fingerprint density at radius 3 is 2.57 bits per heavy atom. The fourth-order valence-corrected chi connectivity index (χ4v) is 2.14. The van der Waals surface area contributed by atoms with Gasteiger partial charge in [0, 0.05) is 24.7 Å². The minimum absolute atomic E-state index is 0.0663. The number of anilines is 1. The molecule has 6 nitrogen and oxygen atoms in total. The summed E-state index contributed by atoms with van der Waals surface area (Å²) < 4.78 is 0. The van der Waals surface area contributed by atoms with Crippen molar-refractivity contribution in [1.82, 2.24) is 4.90 Å². The third-order valence-electron chi connectivity index (χ3n) is 3.34. The summed E-state index contributed by atoms with van der Waals surface area (Å²) in [6, 6.07) is 6.65. The number of nitriles is 1. The van der Waals surface area contributed by atoms with Crippen molar-refractivity contribution in [3.63, 3.8) is 0 Å². The van der Waals surface area contributed by atoms with Gasteiger partial charge in [-0.1, -0.05) is 13.8 Å². The molecule has 0 aromatic heterocycles. The number of hydrogen-bond acceptors (Lipinski definition) is 5. The Bertz CT molecular complexity index is 535. The third-order valence-corrected chi connectivity index (χ3v) is 3.34. The van der Waals surface area contributed by atoms with Crippen LogP contribution in [-0.4, -0.2) is 36.5 Å². The van der Waals surface area contributed by atoms with Gasteiger partial charge in [-0.25, -0.2) is 0 Å². The van der Waals surface area contributed by atoms with Crippen molar-refractivity contribution in [3.8, 4) is 6.07 Å². The topological polar surface area (TPSA) is 82.2 Å². The van der Waals surface area contributed by atoms with Crippen molar-refractivity contribution in [2.75, 3.05) is 26.0 Å². The van der Waals surface area contributed by atoms with Gasteiger partial charge in [-0.05, 0) is 32.5 Å². The molecule has 1 aromatic carbocycles. The van der Waals surface area contributed by atoms with Crippen LogP contribution in [0.2, 0.25) is 0 Å². The standard InChI is InChI=1S/C15H22N4O2/c1-11(2)7-14(18(3)4)10-17-15-6-5-13(19(20)21)8-12(15)9-16/h5-6,8,11,14,17H,7,10H2,1-4H3/t14-/m0/s1. The summed E-state index contributed by atoms with van der Waals surface area (Å²) >= 11 is 0. The molecular weight excluding hydrogens is 268 g/mol. The Kier molecular flexibility index (Phi) is 6.12. The molecule has 1 aromatic rings. The van der Waals surface area contributed by atoms with E-state index in [4.69, 9.17) is 5.26 Å². The summed E-state index contributed by atoms with van der Waals surface area (Å²) in [5.74, 6) is 0.575. The van der Waals surface area contributed by atoms with Gasteiger partial charge in [-0.15, -0.1) is 0 Å². The number of nitrogens with one attached hydrogen (secondary N) is 1. The smallest absolute Gasteiger partial charge is 0.270 e. The minimum Gasteiger partial charge on any atom is -0.382 e. The van der Waals surface area contributed by atoms with E-state index in [9.17, 15) is 10.1 Å². The van der Waals surface area contributed by atoms with Crippen LogP contribution in [0, 0.1) is 27.4 Å². The quantitative estimate of drug-likeness (QED) is 0.616. The Balaban J connectivity index is 2.83. The lowest BCUT2D eigenvalue weighted by molar-refractivity contribution is -0.384. The Hall–Kier alpha value is -2.13. The summed E-state index contributed by atoms with van der Waals surface area (Å²) in [4.78, 5) is 12.4. The van der Waals surface area contributed by atoms with Gasteiger partial charge in [0.2, 0.25) is 0 Å². The molecular formula is C15H22N4O2. The predicted molar refractivity (Wildman–Crippen MR) is 83.2 cm³/mol. The zero-order valence-electron chi connectivity index (χ0n) is 13.0. The second kappa shape index (κ2) is 7.60. The van der Waals surface area contributed by atoms with Gasteiger partial charge < -0.3 is 10.2 Å². The number of nitro benzene ring substituents is 1. The first-order chi connectivity index (χ1) is 9.85. The van der Waals surface area contributed by atoms with Crippen LogP contribution in [0.4, 0.5) is 11.4 Å². The van der Waals surface area contributed by atoms with Crippen LogP contribution >= 0.6 is 0 Å². The normalized spacial score (nSPS) is 12.2. The summed E-state index contributed by atoms with van der Waals surface area (Å²) in [6.07, 6.45) is 1.04. The van der Waals surface area contributed by atoms with Crippen molar-refractivity contribution >= 4 is 11.4 Å². The molecule has 0 heterocycles. The second-order valence-corrected chi connectivity index (χ2v) is 5.73. The van der Waals surface area contributed by atoms with Gasteiger partial charge in [0.25, 0.3) is 5.69 Å². The molecule has 0 spiro atoms. The molecule has 0 amide bonds. The van der Waals surface area contributed by atoms with Crippen molar-refractivity contribution in [2.24, 2.45) is 5.92 Å². The molecule has 1 rings (SSSR count). The molecule has 0 aliphatic carbocycles. The second-order valence-electron chi connectivity index (χ2n) is 5.73. The van der Waals surface area contributed by atoms with E-state index in [0.29, 0.717) is 29.8 Å². The Labute approximate surface area is 125 Å². The molecule has 6 heteroatoms. The van der Waals surface area contributed by atoms with Crippen molar-refractivity contribution < 1.29 is 4.92 Å². The summed E-state index contributed by atoms with van der Waals surface area (Å²) in [5, 5.41) is 23.1. The number of rotatable bonds is 7. The van der Waals surface area contributed by atoms with Gasteiger partial charge in [0.05, 0.1) is 16.2 Å². The molecule has 21 heavy (non-hydrogen) atoms. The molecule has 0 bridgehead atoms. The lowest BCUT2D eigenvalue weighted by Gasteiger charge is -2.26. The first-order valence-corrected chi connectivity index (χ1v) is 6.94. The van der Waals surface area contributed by atoms with E-state index in [2.05, 4.69) is 24.1 Å². The molecule has 1 atom stereocenters. The van der Waals surface area contributed by atoms with E-state index in [0.717, 1.165) is 6.42 Å². The van der Waals surface area contributed by atoms with Gasteiger partial charge >= 0.3 is 0 Å². The number of hydrogen-bond donors (Lipinski definition) is 1.